The highest BCUT2D eigenvalue weighted by molar-refractivity contribution is 6.02. The number of hydrogen-bond donors (Lipinski definition) is 2. The van der Waals surface area contributed by atoms with E-state index in [1.165, 1.54) is 60.3 Å². The number of aryl methyl sites for hydroxylation is 2. The zero-order valence-corrected chi connectivity index (χ0v) is 61.2. The van der Waals surface area contributed by atoms with Crippen LogP contribution in [-0.2, 0) is 28.5 Å². The fourth-order valence-corrected chi connectivity index (χ4v) is 12.7. The van der Waals surface area contributed by atoms with Gasteiger partial charge in [-0.15, -0.1) is 0 Å². The first-order valence-electron chi connectivity index (χ1n) is 35.6. The van der Waals surface area contributed by atoms with Crippen LogP contribution in [0.1, 0.15) is 164 Å². The summed E-state index contributed by atoms with van der Waals surface area (Å²) in [5.74, 6) is -0.00422. The number of fused-ring (bicyclic) bond motifs is 2. The van der Waals surface area contributed by atoms with E-state index in [9.17, 15) is 19.2 Å². The van der Waals surface area contributed by atoms with Gasteiger partial charge in [0, 0.05) is 62.8 Å². The van der Waals surface area contributed by atoms with E-state index in [4.69, 9.17) is 48.8 Å². The normalized spacial score (nSPS) is 15.5. The molecule has 8 aromatic rings. The molecule has 0 radical (unpaired) electrons. The molecule has 2 fully saturated rings. The average Bonchev–Trinajstić information content (AvgIpc) is 1.44. The molecule has 2 aliphatic rings. The summed E-state index contributed by atoms with van der Waals surface area (Å²) >= 11 is 0. The van der Waals surface area contributed by atoms with Gasteiger partial charge in [0.05, 0.1) is 43.1 Å². The number of aliphatic carboxylic acids is 1. The Morgan fingerprint density at radius 2 is 0.971 bits per heavy atom. The number of ether oxygens (including phenoxy) is 6. The van der Waals surface area contributed by atoms with Crippen molar-refractivity contribution in [3.05, 3.63) is 215 Å². The number of amides is 3. The second-order valence-electron chi connectivity index (χ2n) is 27.6. The first-order chi connectivity index (χ1) is 49.0. The summed E-state index contributed by atoms with van der Waals surface area (Å²) in [5.41, 5.74) is 14.8. The Kier molecular flexibility index (Phi) is 27.1. The van der Waals surface area contributed by atoms with Crippen molar-refractivity contribution in [2.24, 2.45) is 0 Å². The van der Waals surface area contributed by atoms with Gasteiger partial charge in [-0.3, -0.25) is 4.79 Å². The van der Waals surface area contributed by atoms with Crippen molar-refractivity contribution in [1.82, 2.24) is 34.3 Å². The molecule has 3 amide bonds. The van der Waals surface area contributed by atoms with E-state index < -0.39 is 29.4 Å². The molecule has 19 heteroatoms. The number of rotatable bonds is 26. The van der Waals surface area contributed by atoms with Crippen LogP contribution in [0.5, 0.6) is 11.5 Å². The predicted octanol–water partition coefficient (Wildman–Crippen LogP) is 16.7. The van der Waals surface area contributed by atoms with Crippen LogP contribution in [-0.4, -0.2) is 153 Å². The van der Waals surface area contributed by atoms with E-state index in [2.05, 4.69) is 137 Å². The lowest BCUT2D eigenvalue weighted by Gasteiger charge is -2.26. The number of benzene rings is 6. The van der Waals surface area contributed by atoms with Crippen LogP contribution in [0.3, 0.4) is 0 Å². The number of carbonyl (C=O) groups is 4. The SMILES string of the molecule is CC/C(=C(/c1ccc(OCCN(C/C=C/C(=O)N(C)CCO)C(=O)OC(C)(C)C)cc1)c1ccc2c(cnn2C2CCCCO2)c1)c1ccccc1C.CC/C(=C(/c1ccc(OCCN(C/C=C/C(=O)O)C(=O)OC(C)(C)C)cc1)c1ccc2c(cnn2C2CCCCO2)c1)c1ccccc1C. The Morgan fingerprint density at radius 1 is 0.559 bits per heavy atom. The first-order valence-corrected chi connectivity index (χ1v) is 35.6. The largest absolute Gasteiger partial charge is 0.492 e. The van der Waals surface area contributed by atoms with E-state index >= 15 is 0 Å². The van der Waals surface area contributed by atoms with Crippen LogP contribution >= 0.6 is 0 Å². The molecule has 2 unspecified atom stereocenters. The van der Waals surface area contributed by atoms with Gasteiger partial charge in [0.2, 0.25) is 5.91 Å². The number of aromatic nitrogens is 4. The highest BCUT2D eigenvalue weighted by Crippen LogP contribution is 2.40. The minimum atomic E-state index is -1.08. The maximum absolute atomic E-state index is 13.0. The Balaban J connectivity index is 0.000000238. The van der Waals surface area contributed by atoms with Gasteiger partial charge in [-0.25, -0.2) is 23.7 Å². The second-order valence-corrected chi connectivity index (χ2v) is 27.6. The summed E-state index contributed by atoms with van der Waals surface area (Å²) in [6.07, 6.45) is 16.3. The van der Waals surface area contributed by atoms with E-state index in [0.717, 1.165) is 126 Å². The van der Waals surface area contributed by atoms with Crippen molar-refractivity contribution >= 4 is 68.2 Å². The van der Waals surface area contributed by atoms with Gasteiger partial charge in [-0.2, -0.15) is 10.2 Å². The lowest BCUT2D eigenvalue weighted by atomic mass is 9.86. The molecular weight excluding hydrogens is 1290 g/mol. The lowest BCUT2D eigenvalue weighted by Crippen LogP contribution is -2.39. The van der Waals surface area contributed by atoms with Crippen molar-refractivity contribution in [3.8, 4) is 11.5 Å². The van der Waals surface area contributed by atoms with Crippen LogP contribution in [0.4, 0.5) is 9.59 Å². The number of carboxylic acids is 1. The van der Waals surface area contributed by atoms with Gasteiger partial charge in [-0.05, 0) is 222 Å². The van der Waals surface area contributed by atoms with Crippen LogP contribution in [0.25, 0.3) is 44.1 Å². The third-order valence-electron chi connectivity index (χ3n) is 17.7. The molecule has 2 atom stereocenters. The highest BCUT2D eigenvalue weighted by Gasteiger charge is 2.26. The number of allylic oxidation sites excluding steroid dienone is 2. The maximum Gasteiger partial charge on any atom is 0.410 e. The Hall–Kier alpha value is -9.82. The molecule has 6 aromatic carbocycles. The average molecular weight is 1390 g/mol. The molecule has 10 rings (SSSR count). The number of carboxylic acid groups (broad SMARTS) is 1. The number of carbonyl (C=O) groups excluding carboxylic acids is 3. The van der Waals surface area contributed by atoms with Crippen molar-refractivity contribution in [2.75, 3.05) is 72.8 Å². The number of hydrogen-bond acceptors (Lipinski definition) is 13. The predicted molar refractivity (Wildman–Crippen MR) is 402 cm³/mol. The Morgan fingerprint density at radius 3 is 1.34 bits per heavy atom. The van der Waals surface area contributed by atoms with Crippen molar-refractivity contribution in [3.63, 3.8) is 0 Å². The summed E-state index contributed by atoms with van der Waals surface area (Å²) in [6.45, 7) is 22.3. The third-order valence-corrected chi connectivity index (χ3v) is 17.7. The summed E-state index contributed by atoms with van der Waals surface area (Å²) in [7, 11) is 1.61. The molecule has 2 aliphatic heterocycles. The summed E-state index contributed by atoms with van der Waals surface area (Å²) in [6, 6.07) is 46.3. The van der Waals surface area contributed by atoms with Gasteiger partial charge in [0.25, 0.3) is 0 Å². The van der Waals surface area contributed by atoms with Gasteiger partial charge in [-0.1, -0.05) is 111 Å². The van der Waals surface area contributed by atoms with Gasteiger partial charge >= 0.3 is 18.2 Å². The smallest absolute Gasteiger partial charge is 0.410 e. The fraction of sp³-hybridized carbons (Fsp3) is 0.398. The number of nitrogens with zero attached hydrogens (tertiary/aromatic N) is 7. The van der Waals surface area contributed by atoms with Crippen LogP contribution in [0.2, 0.25) is 0 Å². The number of aliphatic hydroxyl groups is 1. The van der Waals surface area contributed by atoms with E-state index in [0.29, 0.717) is 11.5 Å². The van der Waals surface area contributed by atoms with Gasteiger partial charge < -0.3 is 53.3 Å². The van der Waals surface area contributed by atoms with E-state index in [1.54, 1.807) is 33.9 Å². The highest BCUT2D eigenvalue weighted by atomic mass is 16.6. The minimum absolute atomic E-state index is 0.0322. The molecule has 0 spiro atoms. The lowest BCUT2D eigenvalue weighted by molar-refractivity contribution is -0.131. The summed E-state index contributed by atoms with van der Waals surface area (Å²) in [5, 5.41) is 29.7. The van der Waals surface area contributed by atoms with Gasteiger partial charge in [0.1, 0.15) is 35.9 Å². The standard InChI is InChI=1S/C43H54N4O6.C40H47N3O6/c1-7-36(37-14-9-8-13-31(37)2)41(33-19-22-38-34(29-33)30-44-47(38)40-16-10-11-27-52-40)32-17-20-35(21-18-32)51-28-25-46(42(50)53-43(3,4)5)23-12-15-39(49)45(6)24-26-48;1-6-33(34-13-8-7-12-28(34)2)38(30-18-21-35-31(26-30)27-41-43(35)36-14-9-10-24-48-36)29-16-19-32(20-17-29)47-25-23-42(22-11-15-37(44)45)39(46)49-40(3,4)5/h8-9,12-15,17-22,29-30,40,48H,7,10-11,16,23-28H2,1-6H3;7-8,11-13,15-21,26-27,36H,6,9-10,14,22-25H2,1-5H3,(H,44,45)/b15-12+,41-36+;15-11+,38-33+. The number of likely N-dealkylation sites (N-methyl/N-ethyl adjacent to an activating group) is 1. The molecule has 2 aromatic heterocycles. The fourth-order valence-electron chi connectivity index (χ4n) is 12.7. The zero-order chi connectivity index (χ0) is 72.9. The molecule has 2 N–H and O–H groups in total. The van der Waals surface area contributed by atoms with Crippen molar-refractivity contribution in [2.45, 2.75) is 144 Å². The van der Waals surface area contributed by atoms with E-state index in [-0.39, 0.29) is 70.9 Å². The van der Waals surface area contributed by atoms with Crippen molar-refractivity contribution in [1.29, 1.82) is 0 Å². The molecule has 0 aliphatic carbocycles. The zero-order valence-electron chi connectivity index (χ0n) is 61.2. The molecule has 0 saturated carbocycles. The molecule has 19 nitrogen and oxygen atoms in total. The molecule has 4 heterocycles. The van der Waals surface area contributed by atoms with Crippen molar-refractivity contribution < 1.29 is 57.8 Å². The summed E-state index contributed by atoms with van der Waals surface area (Å²) < 4.78 is 39.5. The van der Waals surface area contributed by atoms with Gasteiger partial charge in [0.15, 0.2) is 12.5 Å². The van der Waals surface area contributed by atoms with Crippen LogP contribution < -0.4 is 9.47 Å². The molecular formula is C83H101N7O12. The van der Waals surface area contributed by atoms with Crippen LogP contribution in [0, 0.1) is 13.8 Å². The first kappa shape index (κ1) is 76.4. The van der Waals surface area contributed by atoms with Crippen LogP contribution in [0.15, 0.2) is 170 Å². The quantitative estimate of drug-likeness (QED) is 0.0382. The molecule has 102 heavy (non-hydrogen) atoms. The monoisotopic (exact) mass is 1390 g/mol. The van der Waals surface area contributed by atoms with E-state index in [1.807, 2.05) is 66.8 Å². The topological polar surface area (TPSA) is 209 Å². The Bertz CT molecular complexity index is 4250. The summed E-state index contributed by atoms with van der Waals surface area (Å²) in [4.78, 5) is 53.4. The molecule has 540 valence electrons. The minimum Gasteiger partial charge on any atom is -0.492 e. The number of aliphatic hydroxyl groups excluding tert-OH is 1. The Labute approximate surface area is 600 Å². The maximum atomic E-state index is 13.0. The second kappa shape index (κ2) is 36.2. The molecule has 0 bridgehead atoms. The molecule has 2 saturated heterocycles. The third kappa shape index (κ3) is 20.9.